The van der Waals surface area contributed by atoms with Crippen LogP contribution in [0.25, 0.3) is 0 Å². The van der Waals surface area contributed by atoms with E-state index in [1.165, 1.54) is 11.8 Å². The molecule has 1 rings (SSSR count). The zero-order valence-corrected chi connectivity index (χ0v) is 11.7. The lowest BCUT2D eigenvalue weighted by molar-refractivity contribution is -0.130. The summed E-state index contributed by atoms with van der Waals surface area (Å²) in [6.07, 6.45) is 1.89. The summed E-state index contributed by atoms with van der Waals surface area (Å²) in [6.45, 7) is 1.82. The molecule has 1 aliphatic carbocycles. The van der Waals surface area contributed by atoms with E-state index >= 15 is 0 Å². The Morgan fingerprint density at radius 2 is 2.06 bits per heavy atom. The largest absolute Gasteiger partial charge is 0.387 e. The average molecular weight is 281 g/mol. The number of halogens is 2. The maximum Gasteiger partial charge on any atom is 0.248 e. The molecule has 0 spiro atoms. The first-order valence-corrected chi connectivity index (χ1v) is 7.52. The van der Waals surface area contributed by atoms with Crippen molar-refractivity contribution < 1.29 is 18.7 Å². The van der Waals surface area contributed by atoms with Crippen molar-refractivity contribution in [3.63, 3.8) is 0 Å². The normalized spacial score (nSPS) is 23.4. The van der Waals surface area contributed by atoms with Crippen molar-refractivity contribution in [1.82, 2.24) is 5.32 Å². The average Bonchev–Trinajstić information content (AvgIpc) is 2.26. The van der Waals surface area contributed by atoms with Gasteiger partial charge in [-0.25, -0.2) is 8.78 Å². The van der Waals surface area contributed by atoms with Crippen molar-refractivity contribution in [2.75, 3.05) is 18.6 Å². The molecule has 0 radical (unpaired) electrons. The number of hydrogen-bond donors (Lipinski definition) is 2. The van der Waals surface area contributed by atoms with Gasteiger partial charge in [0.15, 0.2) is 0 Å². The van der Waals surface area contributed by atoms with Gasteiger partial charge in [-0.15, -0.1) is 0 Å². The molecule has 0 aromatic heterocycles. The molecule has 0 aromatic rings. The number of carbonyl (C=O) groups is 1. The van der Waals surface area contributed by atoms with E-state index in [2.05, 4.69) is 5.32 Å². The quantitative estimate of drug-likeness (QED) is 0.811. The molecule has 1 atom stereocenters. The van der Waals surface area contributed by atoms with E-state index in [1.54, 1.807) is 6.92 Å². The summed E-state index contributed by atoms with van der Waals surface area (Å²) < 4.78 is 25.9. The standard InChI is InChI=1S/C12H21F2NO2S/c1-11(17,8-18-2)7-15-10(16)9-3-5-12(13,14)6-4-9/h9,17H,3-8H2,1-2H3,(H,15,16). The summed E-state index contributed by atoms with van der Waals surface area (Å²) in [6, 6.07) is 0. The van der Waals surface area contributed by atoms with Crippen LogP contribution in [0.4, 0.5) is 8.78 Å². The number of hydrogen-bond acceptors (Lipinski definition) is 3. The lowest BCUT2D eigenvalue weighted by Crippen LogP contribution is -2.45. The first kappa shape index (κ1) is 15.7. The van der Waals surface area contributed by atoms with Crippen molar-refractivity contribution >= 4 is 17.7 Å². The van der Waals surface area contributed by atoms with E-state index in [-0.39, 0.29) is 44.1 Å². The van der Waals surface area contributed by atoms with Crippen LogP contribution in [0.15, 0.2) is 0 Å². The lowest BCUT2D eigenvalue weighted by atomic mass is 9.86. The zero-order chi connectivity index (χ0) is 13.8. The molecule has 0 heterocycles. The van der Waals surface area contributed by atoms with E-state index < -0.39 is 11.5 Å². The van der Waals surface area contributed by atoms with Gasteiger partial charge in [0.05, 0.1) is 5.60 Å². The number of alkyl halides is 2. The summed E-state index contributed by atoms with van der Waals surface area (Å²) in [4.78, 5) is 11.8. The summed E-state index contributed by atoms with van der Waals surface area (Å²) in [5.41, 5.74) is -0.951. The molecule has 1 aliphatic rings. The fourth-order valence-electron chi connectivity index (χ4n) is 2.09. The molecule has 0 bridgehead atoms. The molecule has 0 saturated heterocycles. The Hall–Kier alpha value is -0.360. The minimum Gasteiger partial charge on any atom is -0.387 e. The molecule has 0 aliphatic heterocycles. The third-order valence-corrected chi connectivity index (χ3v) is 4.10. The number of aliphatic hydroxyl groups is 1. The molecular weight excluding hydrogens is 260 g/mol. The number of thioether (sulfide) groups is 1. The van der Waals surface area contributed by atoms with Gasteiger partial charge in [-0.3, -0.25) is 4.79 Å². The van der Waals surface area contributed by atoms with Crippen LogP contribution in [-0.4, -0.2) is 41.1 Å². The molecule has 1 unspecified atom stereocenters. The van der Waals surface area contributed by atoms with Crippen LogP contribution < -0.4 is 5.32 Å². The van der Waals surface area contributed by atoms with Crippen LogP contribution >= 0.6 is 11.8 Å². The van der Waals surface area contributed by atoms with E-state index in [0.717, 1.165) is 0 Å². The Balaban J connectivity index is 2.34. The number of rotatable bonds is 5. The molecule has 1 saturated carbocycles. The van der Waals surface area contributed by atoms with E-state index in [1.807, 2.05) is 6.26 Å². The van der Waals surface area contributed by atoms with Gasteiger partial charge < -0.3 is 10.4 Å². The Bertz CT molecular complexity index is 288. The van der Waals surface area contributed by atoms with Crippen LogP contribution in [-0.2, 0) is 4.79 Å². The van der Waals surface area contributed by atoms with Gasteiger partial charge in [-0.1, -0.05) is 0 Å². The van der Waals surface area contributed by atoms with Crippen LogP contribution in [0, 0.1) is 5.92 Å². The smallest absolute Gasteiger partial charge is 0.248 e. The van der Waals surface area contributed by atoms with Gasteiger partial charge in [0.25, 0.3) is 0 Å². The highest BCUT2D eigenvalue weighted by molar-refractivity contribution is 7.98. The predicted octanol–water partition coefficient (Wildman–Crippen LogP) is 2.04. The number of amides is 1. The van der Waals surface area contributed by atoms with Crippen molar-refractivity contribution in [3.8, 4) is 0 Å². The van der Waals surface area contributed by atoms with Crippen molar-refractivity contribution in [2.24, 2.45) is 5.92 Å². The molecule has 6 heteroatoms. The molecule has 1 amide bonds. The molecule has 106 valence electrons. The Morgan fingerprint density at radius 3 is 2.56 bits per heavy atom. The van der Waals surface area contributed by atoms with Crippen LogP contribution in [0.3, 0.4) is 0 Å². The Labute approximate surface area is 111 Å². The molecule has 18 heavy (non-hydrogen) atoms. The van der Waals surface area contributed by atoms with Crippen molar-refractivity contribution in [2.45, 2.75) is 44.1 Å². The molecule has 3 nitrogen and oxygen atoms in total. The molecule has 2 N–H and O–H groups in total. The summed E-state index contributed by atoms with van der Waals surface area (Å²) in [7, 11) is 0. The highest BCUT2D eigenvalue weighted by Crippen LogP contribution is 2.36. The summed E-state index contributed by atoms with van der Waals surface area (Å²) >= 11 is 1.50. The zero-order valence-electron chi connectivity index (χ0n) is 10.8. The number of carbonyl (C=O) groups excluding carboxylic acids is 1. The fraction of sp³-hybridized carbons (Fsp3) is 0.917. The van der Waals surface area contributed by atoms with Gasteiger partial charge in [0.1, 0.15) is 0 Å². The predicted molar refractivity (Wildman–Crippen MR) is 68.9 cm³/mol. The van der Waals surface area contributed by atoms with Gasteiger partial charge in [0, 0.05) is 31.1 Å². The second kappa shape index (κ2) is 6.19. The third-order valence-electron chi connectivity index (χ3n) is 3.19. The van der Waals surface area contributed by atoms with Crippen LogP contribution in [0.2, 0.25) is 0 Å². The Morgan fingerprint density at radius 1 is 1.50 bits per heavy atom. The third kappa shape index (κ3) is 5.10. The second-order valence-electron chi connectivity index (χ2n) is 5.28. The molecule has 0 aromatic carbocycles. The first-order valence-electron chi connectivity index (χ1n) is 6.13. The van der Waals surface area contributed by atoms with Crippen LogP contribution in [0.1, 0.15) is 32.6 Å². The van der Waals surface area contributed by atoms with Gasteiger partial charge in [-0.2, -0.15) is 11.8 Å². The second-order valence-corrected chi connectivity index (χ2v) is 6.14. The van der Waals surface area contributed by atoms with Crippen molar-refractivity contribution in [1.29, 1.82) is 0 Å². The van der Waals surface area contributed by atoms with E-state index in [0.29, 0.717) is 5.75 Å². The van der Waals surface area contributed by atoms with Gasteiger partial charge in [0.2, 0.25) is 11.8 Å². The topological polar surface area (TPSA) is 49.3 Å². The van der Waals surface area contributed by atoms with Gasteiger partial charge >= 0.3 is 0 Å². The first-order chi connectivity index (χ1) is 8.26. The van der Waals surface area contributed by atoms with E-state index in [9.17, 15) is 18.7 Å². The van der Waals surface area contributed by atoms with Gasteiger partial charge in [-0.05, 0) is 26.0 Å². The fourth-order valence-corrected chi connectivity index (χ4v) is 2.81. The lowest BCUT2D eigenvalue weighted by Gasteiger charge is -2.29. The van der Waals surface area contributed by atoms with Crippen molar-refractivity contribution in [3.05, 3.63) is 0 Å². The minimum atomic E-state index is -2.61. The molecule has 1 fully saturated rings. The summed E-state index contributed by atoms with van der Waals surface area (Å²) in [5.74, 6) is -2.64. The summed E-state index contributed by atoms with van der Waals surface area (Å²) in [5, 5.41) is 12.5. The van der Waals surface area contributed by atoms with Crippen LogP contribution in [0.5, 0.6) is 0 Å². The van der Waals surface area contributed by atoms with E-state index in [4.69, 9.17) is 0 Å². The SMILES string of the molecule is CSCC(C)(O)CNC(=O)C1CCC(F)(F)CC1. The monoisotopic (exact) mass is 281 g/mol. The maximum atomic E-state index is 12.9. The molecular formula is C12H21F2NO2S. The number of nitrogens with one attached hydrogen (secondary N) is 1. The highest BCUT2D eigenvalue weighted by atomic mass is 32.2. The Kier molecular flexibility index (Phi) is 5.40. The maximum absolute atomic E-state index is 12.9. The highest BCUT2D eigenvalue weighted by Gasteiger charge is 2.37. The minimum absolute atomic E-state index is 0.166.